The van der Waals surface area contributed by atoms with E-state index in [1.165, 1.54) is 5.56 Å². The highest BCUT2D eigenvalue weighted by Crippen LogP contribution is 2.14. The van der Waals surface area contributed by atoms with E-state index in [1.54, 1.807) is 0 Å². The predicted octanol–water partition coefficient (Wildman–Crippen LogP) is 3.90. The molecule has 0 radical (unpaired) electrons. The first kappa shape index (κ1) is 17.9. The van der Waals surface area contributed by atoms with E-state index >= 15 is 0 Å². The molecule has 0 aliphatic rings. The molecule has 0 aromatic heterocycles. The zero-order valence-electron chi connectivity index (χ0n) is 14.8. The van der Waals surface area contributed by atoms with Crippen LogP contribution in [-0.2, 0) is 11.3 Å². The summed E-state index contributed by atoms with van der Waals surface area (Å²) in [6.07, 6.45) is 0. The first-order valence-electron chi connectivity index (χ1n) is 8.15. The van der Waals surface area contributed by atoms with Gasteiger partial charge in [0.05, 0.1) is 0 Å². The van der Waals surface area contributed by atoms with Crippen LogP contribution in [0.5, 0.6) is 5.75 Å². The minimum atomic E-state index is -0.244. The topological polar surface area (TPSA) is 50.4 Å². The van der Waals surface area contributed by atoms with Crippen molar-refractivity contribution in [2.45, 2.75) is 39.8 Å². The summed E-state index contributed by atoms with van der Waals surface area (Å²) in [6, 6.07) is 16.1. The summed E-state index contributed by atoms with van der Waals surface area (Å²) in [5.41, 5.74) is 3.26. The fourth-order valence-corrected chi connectivity index (χ4v) is 2.18. The summed E-state index contributed by atoms with van der Waals surface area (Å²) >= 11 is 0. The number of nitrogens with one attached hydrogen (secondary N) is 2. The van der Waals surface area contributed by atoms with E-state index in [0.29, 0.717) is 5.75 Å². The Morgan fingerprint density at radius 3 is 2.21 bits per heavy atom. The molecule has 0 saturated carbocycles. The summed E-state index contributed by atoms with van der Waals surface area (Å²) in [6.45, 7) is 8.68. The zero-order chi connectivity index (χ0) is 17.6. The molecule has 1 amide bonds. The monoisotopic (exact) mass is 326 g/mol. The average Bonchev–Trinajstić information content (AvgIpc) is 2.52. The van der Waals surface area contributed by atoms with Gasteiger partial charge >= 0.3 is 0 Å². The second-order valence-electron chi connectivity index (χ2n) is 6.95. The van der Waals surface area contributed by atoms with Crippen molar-refractivity contribution in [2.75, 3.05) is 11.9 Å². The predicted molar refractivity (Wildman–Crippen MR) is 98.3 cm³/mol. The van der Waals surface area contributed by atoms with Crippen molar-refractivity contribution in [2.24, 2.45) is 0 Å². The second-order valence-corrected chi connectivity index (χ2v) is 6.95. The van der Waals surface area contributed by atoms with Crippen LogP contribution in [0.25, 0.3) is 0 Å². The van der Waals surface area contributed by atoms with Crippen molar-refractivity contribution < 1.29 is 9.53 Å². The molecule has 0 heterocycles. The Kier molecular flexibility index (Phi) is 5.85. The SMILES string of the molecule is Cc1ccc(NCc2ccc(OCC(=O)NC(C)(C)C)cc2)cc1. The molecule has 0 atom stereocenters. The number of amides is 1. The normalized spacial score (nSPS) is 11.0. The number of ether oxygens (including phenoxy) is 1. The fourth-order valence-electron chi connectivity index (χ4n) is 2.18. The Morgan fingerprint density at radius 2 is 1.62 bits per heavy atom. The molecule has 2 rings (SSSR count). The van der Waals surface area contributed by atoms with Gasteiger partial charge < -0.3 is 15.4 Å². The second kappa shape index (κ2) is 7.86. The molecule has 0 bridgehead atoms. The third-order valence-electron chi connectivity index (χ3n) is 3.36. The third kappa shape index (κ3) is 6.32. The number of hydrogen-bond acceptors (Lipinski definition) is 3. The lowest BCUT2D eigenvalue weighted by atomic mass is 10.1. The standard InChI is InChI=1S/C20H26N2O2/c1-15-5-9-17(10-6-15)21-13-16-7-11-18(12-8-16)24-14-19(23)22-20(2,3)4/h5-12,21H,13-14H2,1-4H3,(H,22,23). The lowest BCUT2D eigenvalue weighted by molar-refractivity contribution is -0.124. The van der Waals surface area contributed by atoms with Crippen LogP contribution in [0.4, 0.5) is 5.69 Å². The molecule has 0 spiro atoms. The van der Waals surface area contributed by atoms with Crippen LogP contribution in [0.15, 0.2) is 48.5 Å². The Hall–Kier alpha value is -2.49. The van der Waals surface area contributed by atoms with Crippen molar-refractivity contribution in [3.63, 3.8) is 0 Å². The molecule has 0 unspecified atom stereocenters. The highest BCUT2D eigenvalue weighted by Gasteiger charge is 2.13. The number of carbonyl (C=O) groups excluding carboxylic acids is 1. The van der Waals surface area contributed by atoms with Crippen molar-refractivity contribution in [1.82, 2.24) is 5.32 Å². The lowest BCUT2D eigenvalue weighted by Crippen LogP contribution is -2.43. The lowest BCUT2D eigenvalue weighted by Gasteiger charge is -2.20. The Morgan fingerprint density at radius 1 is 1.00 bits per heavy atom. The number of hydrogen-bond donors (Lipinski definition) is 2. The van der Waals surface area contributed by atoms with E-state index in [1.807, 2.05) is 45.0 Å². The van der Waals surface area contributed by atoms with E-state index in [4.69, 9.17) is 4.74 Å². The molecular formula is C20H26N2O2. The summed E-state index contributed by atoms with van der Waals surface area (Å²) in [4.78, 5) is 11.7. The molecule has 24 heavy (non-hydrogen) atoms. The summed E-state index contributed by atoms with van der Waals surface area (Å²) < 4.78 is 5.51. The average molecular weight is 326 g/mol. The third-order valence-corrected chi connectivity index (χ3v) is 3.36. The largest absolute Gasteiger partial charge is 0.484 e. The van der Waals surface area contributed by atoms with Gasteiger partial charge in [-0.1, -0.05) is 29.8 Å². The van der Waals surface area contributed by atoms with Gasteiger partial charge in [0.2, 0.25) is 0 Å². The maximum Gasteiger partial charge on any atom is 0.258 e. The smallest absolute Gasteiger partial charge is 0.258 e. The maximum atomic E-state index is 11.7. The molecule has 2 aromatic rings. The maximum absolute atomic E-state index is 11.7. The van der Waals surface area contributed by atoms with Gasteiger partial charge in [-0.15, -0.1) is 0 Å². The van der Waals surface area contributed by atoms with Gasteiger partial charge in [-0.2, -0.15) is 0 Å². The number of aryl methyl sites for hydroxylation is 1. The molecule has 2 aromatic carbocycles. The van der Waals surface area contributed by atoms with Crippen LogP contribution in [-0.4, -0.2) is 18.1 Å². The number of carbonyl (C=O) groups is 1. The first-order chi connectivity index (χ1) is 11.3. The van der Waals surface area contributed by atoms with Gasteiger partial charge in [0.25, 0.3) is 5.91 Å². The molecule has 2 N–H and O–H groups in total. The number of anilines is 1. The van der Waals surface area contributed by atoms with Crippen molar-refractivity contribution in [1.29, 1.82) is 0 Å². The minimum Gasteiger partial charge on any atom is -0.484 e. The quantitative estimate of drug-likeness (QED) is 0.846. The molecule has 0 fully saturated rings. The van der Waals surface area contributed by atoms with Crippen LogP contribution >= 0.6 is 0 Å². The van der Waals surface area contributed by atoms with Crippen LogP contribution in [0.3, 0.4) is 0 Å². The molecule has 0 saturated heterocycles. The Balaban J connectivity index is 1.80. The highest BCUT2D eigenvalue weighted by molar-refractivity contribution is 5.78. The van der Waals surface area contributed by atoms with E-state index in [2.05, 4.69) is 41.8 Å². The summed E-state index contributed by atoms with van der Waals surface area (Å²) in [5, 5.41) is 6.25. The zero-order valence-corrected chi connectivity index (χ0v) is 14.8. The van der Waals surface area contributed by atoms with Gasteiger partial charge in [0.15, 0.2) is 6.61 Å². The fraction of sp³-hybridized carbons (Fsp3) is 0.350. The summed E-state index contributed by atoms with van der Waals surface area (Å²) in [5.74, 6) is 0.575. The minimum absolute atomic E-state index is 0.0260. The van der Waals surface area contributed by atoms with Crippen molar-refractivity contribution in [3.8, 4) is 5.75 Å². The van der Waals surface area contributed by atoms with Gasteiger partial charge in [-0.05, 0) is 57.5 Å². The first-order valence-corrected chi connectivity index (χ1v) is 8.15. The number of benzene rings is 2. The molecule has 128 valence electrons. The van der Waals surface area contributed by atoms with Gasteiger partial charge in [0.1, 0.15) is 5.75 Å². The Bertz CT molecular complexity index is 656. The molecular weight excluding hydrogens is 300 g/mol. The highest BCUT2D eigenvalue weighted by atomic mass is 16.5. The van der Waals surface area contributed by atoms with E-state index < -0.39 is 0 Å². The van der Waals surface area contributed by atoms with Gasteiger partial charge in [-0.3, -0.25) is 4.79 Å². The van der Waals surface area contributed by atoms with E-state index in [-0.39, 0.29) is 18.1 Å². The van der Waals surface area contributed by atoms with Crippen LogP contribution in [0, 0.1) is 6.92 Å². The van der Waals surface area contributed by atoms with Crippen molar-refractivity contribution in [3.05, 3.63) is 59.7 Å². The van der Waals surface area contributed by atoms with Crippen molar-refractivity contribution >= 4 is 11.6 Å². The molecule has 4 nitrogen and oxygen atoms in total. The van der Waals surface area contributed by atoms with Crippen LogP contribution in [0.1, 0.15) is 31.9 Å². The molecule has 0 aliphatic carbocycles. The number of rotatable bonds is 6. The van der Waals surface area contributed by atoms with Gasteiger partial charge in [0, 0.05) is 17.8 Å². The van der Waals surface area contributed by atoms with Gasteiger partial charge in [-0.25, -0.2) is 0 Å². The van der Waals surface area contributed by atoms with E-state index in [0.717, 1.165) is 17.8 Å². The molecule has 0 aliphatic heterocycles. The Labute approximate surface area is 144 Å². The summed E-state index contributed by atoms with van der Waals surface area (Å²) in [7, 11) is 0. The van der Waals surface area contributed by atoms with Crippen LogP contribution < -0.4 is 15.4 Å². The van der Waals surface area contributed by atoms with E-state index in [9.17, 15) is 4.79 Å². The molecule has 4 heteroatoms. The van der Waals surface area contributed by atoms with Crippen LogP contribution in [0.2, 0.25) is 0 Å².